The minimum atomic E-state index is -0.325. The van der Waals surface area contributed by atoms with Crippen LogP contribution in [0.5, 0.6) is 5.75 Å². The Bertz CT molecular complexity index is 438. The van der Waals surface area contributed by atoms with E-state index in [2.05, 4.69) is 17.6 Å². The predicted octanol–water partition coefficient (Wildman–Crippen LogP) is 2.40. The molecule has 0 bridgehead atoms. The maximum absolute atomic E-state index is 14.0. The summed E-state index contributed by atoms with van der Waals surface area (Å²) in [7, 11) is 0. The fourth-order valence-electron chi connectivity index (χ4n) is 1.82. The first-order valence-corrected chi connectivity index (χ1v) is 7.00. The molecule has 1 rings (SSSR count). The summed E-state index contributed by atoms with van der Waals surface area (Å²) in [5.41, 5.74) is 0.601. The minimum absolute atomic E-state index is 0.0487. The Balaban J connectivity index is 2.61. The summed E-state index contributed by atoms with van der Waals surface area (Å²) >= 11 is 0. The SMILES string of the molecule is CCCNC(C)c1ccc(OCC(=O)NCC)cc1F. The lowest BCUT2D eigenvalue weighted by molar-refractivity contribution is -0.122. The molecule has 5 heteroatoms. The van der Waals surface area contributed by atoms with Crippen molar-refractivity contribution in [2.75, 3.05) is 19.7 Å². The van der Waals surface area contributed by atoms with Gasteiger partial charge in [0, 0.05) is 24.2 Å². The van der Waals surface area contributed by atoms with E-state index in [4.69, 9.17) is 4.74 Å². The van der Waals surface area contributed by atoms with Gasteiger partial charge in [0.2, 0.25) is 0 Å². The highest BCUT2D eigenvalue weighted by atomic mass is 19.1. The third-order valence-electron chi connectivity index (χ3n) is 2.88. The molecule has 0 aromatic heterocycles. The minimum Gasteiger partial charge on any atom is -0.484 e. The highest BCUT2D eigenvalue weighted by Crippen LogP contribution is 2.21. The average molecular weight is 282 g/mol. The maximum atomic E-state index is 14.0. The molecule has 20 heavy (non-hydrogen) atoms. The first-order chi connectivity index (χ1) is 9.58. The standard InChI is InChI=1S/C15H23FN2O2/c1-4-8-18-11(3)13-7-6-12(9-14(13)16)20-10-15(19)17-5-2/h6-7,9,11,18H,4-5,8,10H2,1-3H3,(H,17,19). The van der Waals surface area contributed by atoms with E-state index in [9.17, 15) is 9.18 Å². The summed E-state index contributed by atoms with van der Waals surface area (Å²) in [6, 6.07) is 4.64. The topological polar surface area (TPSA) is 50.4 Å². The van der Waals surface area contributed by atoms with Gasteiger partial charge in [-0.2, -0.15) is 0 Å². The molecular weight excluding hydrogens is 259 g/mol. The van der Waals surface area contributed by atoms with Gasteiger partial charge in [-0.25, -0.2) is 4.39 Å². The van der Waals surface area contributed by atoms with Crippen LogP contribution in [0.4, 0.5) is 4.39 Å². The van der Waals surface area contributed by atoms with Crippen LogP contribution in [0.1, 0.15) is 38.8 Å². The number of ether oxygens (including phenoxy) is 1. The summed E-state index contributed by atoms with van der Waals surface area (Å²) in [5.74, 6) is -0.176. The van der Waals surface area contributed by atoms with E-state index in [1.54, 1.807) is 12.1 Å². The molecule has 0 saturated heterocycles. The fraction of sp³-hybridized carbons (Fsp3) is 0.533. The van der Waals surface area contributed by atoms with Crippen molar-refractivity contribution >= 4 is 5.91 Å². The predicted molar refractivity (Wildman–Crippen MR) is 77.3 cm³/mol. The molecule has 112 valence electrons. The van der Waals surface area contributed by atoms with Gasteiger partial charge in [0.25, 0.3) is 5.91 Å². The van der Waals surface area contributed by atoms with Gasteiger partial charge in [0.05, 0.1) is 0 Å². The third kappa shape index (κ3) is 5.17. The normalized spacial score (nSPS) is 12.0. The van der Waals surface area contributed by atoms with Crippen molar-refractivity contribution < 1.29 is 13.9 Å². The van der Waals surface area contributed by atoms with Crippen molar-refractivity contribution in [3.8, 4) is 5.75 Å². The summed E-state index contributed by atoms with van der Waals surface area (Å²) in [4.78, 5) is 11.3. The van der Waals surface area contributed by atoms with Gasteiger partial charge in [0.1, 0.15) is 11.6 Å². The number of carbonyl (C=O) groups is 1. The average Bonchev–Trinajstić information content (AvgIpc) is 2.43. The van der Waals surface area contributed by atoms with E-state index in [1.807, 2.05) is 13.8 Å². The molecule has 1 atom stereocenters. The van der Waals surface area contributed by atoms with Gasteiger partial charge in [0.15, 0.2) is 6.61 Å². The van der Waals surface area contributed by atoms with Crippen LogP contribution < -0.4 is 15.4 Å². The van der Waals surface area contributed by atoms with E-state index in [0.29, 0.717) is 17.9 Å². The number of rotatable bonds is 8. The number of hydrogen-bond donors (Lipinski definition) is 2. The lowest BCUT2D eigenvalue weighted by Gasteiger charge is -2.15. The number of hydrogen-bond acceptors (Lipinski definition) is 3. The molecule has 0 aliphatic heterocycles. The molecule has 0 aliphatic rings. The Labute approximate surface area is 119 Å². The Morgan fingerprint density at radius 1 is 1.40 bits per heavy atom. The molecular formula is C15H23FN2O2. The Kier molecular flexibility index (Phi) is 7.01. The molecule has 0 fully saturated rings. The molecule has 0 saturated carbocycles. The fourth-order valence-corrected chi connectivity index (χ4v) is 1.82. The van der Waals surface area contributed by atoms with E-state index >= 15 is 0 Å². The summed E-state index contributed by atoms with van der Waals surface area (Å²) in [6.45, 7) is 7.11. The van der Waals surface area contributed by atoms with Gasteiger partial charge in [-0.05, 0) is 32.9 Å². The Morgan fingerprint density at radius 2 is 2.15 bits per heavy atom. The molecule has 2 N–H and O–H groups in total. The number of carbonyl (C=O) groups excluding carboxylic acids is 1. The van der Waals surface area contributed by atoms with Crippen LogP contribution in [0.2, 0.25) is 0 Å². The van der Waals surface area contributed by atoms with Crippen LogP contribution in [-0.4, -0.2) is 25.6 Å². The summed E-state index contributed by atoms with van der Waals surface area (Å²) in [6.07, 6.45) is 1.000. The lowest BCUT2D eigenvalue weighted by atomic mass is 10.1. The Morgan fingerprint density at radius 3 is 2.75 bits per heavy atom. The first kappa shape index (κ1) is 16.4. The maximum Gasteiger partial charge on any atom is 0.257 e. The number of likely N-dealkylation sites (N-methyl/N-ethyl adjacent to an activating group) is 1. The molecule has 1 aromatic carbocycles. The Hall–Kier alpha value is -1.62. The van der Waals surface area contributed by atoms with Crippen molar-refractivity contribution in [3.05, 3.63) is 29.6 Å². The van der Waals surface area contributed by atoms with E-state index in [-0.39, 0.29) is 24.4 Å². The van der Waals surface area contributed by atoms with Crippen molar-refractivity contribution in [2.24, 2.45) is 0 Å². The number of halogens is 1. The third-order valence-corrected chi connectivity index (χ3v) is 2.88. The second-order valence-corrected chi connectivity index (χ2v) is 4.60. The quantitative estimate of drug-likeness (QED) is 0.770. The van der Waals surface area contributed by atoms with E-state index in [0.717, 1.165) is 13.0 Å². The number of nitrogens with one attached hydrogen (secondary N) is 2. The molecule has 0 heterocycles. The zero-order chi connectivity index (χ0) is 15.0. The zero-order valence-corrected chi connectivity index (χ0v) is 12.3. The molecule has 4 nitrogen and oxygen atoms in total. The smallest absolute Gasteiger partial charge is 0.257 e. The molecule has 1 amide bonds. The van der Waals surface area contributed by atoms with E-state index in [1.165, 1.54) is 6.07 Å². The zero-order valence-electron chi connectivity index (χ0n) is 12.3. The van der Waals surface area contributed by atoms with Gasteiger partial charge < -0.3 is 15.4 Å². The van der Waals surface area contributed by atoms with Crippen LogP contribution in [-0.2, 0) is 4.79 Å². The summed E-state index contributed by atoms with van der Waals surface area (Å²) in [5, 5.41) is 5.85. The van der Waals surface area contributed by atoms with Gasteiger partial charge in [-0.1, -0.05) is 13.0 Å². The van der Waals surface area contributed by atoms with Crippen molar-refractivity contribution in [3.63, 3.8) is 0 Å². The van der Waals surface area contributed by atoms with Gasteiger partial charge in [-0.3, -0.25) is 4.79 Å². The van der Waals surface area contributed by atoms with Crippen LogP contribution in [0.25, 0.3) is 0 Å². The first-order valence-electron chi connectivity index (χ1n) is 7.00. The highest BCUT2D eigenvalue weighted by Gasteiger charge is 2.11. The monoisotopic (exact) mass is 282 g/mol. The van der Waals surface area contributed by atoms with Crippen molar-refractivity contribution in [1.29, 1.82) is 0 Å². The summed E-state index contributed by atoms with van der Waals surface area (Å²) < 4.78 is 19.2. The van der Waals surface area contributed by atoms with Gasteiger partial charge in [-0.15, -0.1) is 0 Å². The van der Waals surface area contributed by atoms with Gasteiger partial charge >= 0.3 is 0 Å². The van der Waals surface area contributed by atoms with Crippen LogP contribution in [0.3, 0.4) is 0 Å². The second-order valence-electron chi connectivity index (χ2n) is 4.60. The molecule has 0 radical (unpaired) electrons. The molecule has 0 aliphatic carbocycles. The number of benzene rings is 1. The lowest BCUT2D eigenvalue weighted by Crippen LogP contribution is -2.28. The van der Waals surface area contributed by atoms with E-state index < -0.39 is 0 Å². The van der Waals surface area contributed by atoms with Crippen LogP contribution >= 0.6 is 0 Å². The van der Waals surface area contributed by atoms with Crippen LogP contribution in [0.15, 0.2) is 18.2 Å². The molecule has 0 spiro atoms. The highest BCUT2D eigenvalue weighted by molar-refractivity contribution is 5.77. The largest absolute Gasteiger partial charge is 0.484 e. The van der Waals surface area contributed by atoms with Crippen molar-refractivity contribution in [1.82, 2.24) is 10.6 Å². The second kappa shape index (κ2) is 8.53. The number of amides is 1. The van der Waals surface area contributed by atoms with Crippen LogP contribution in [0, 0.1) is 5.82 Å². The molecule has 1 unspecified atom stereocenters. The molecule has 1 aromatic rings. The van der Waals surface area contributed by atoms with Crippen molar-refractivity contribution in [2.45, 2.75) is 33.2 Å².